The Morgan fingerprint density at radius 1 is 0.218 bits per heavy atom. The van der Waals surface area contributed by atoms with E-state index in [-0.39, 0.29) is 50.6 Å². The van der Waals surface area contributed by atoms with Crippen molar-refractivity contribution in [2.75, 3.05) is 195 Å². The van der Waals surface area contributed by atoms with Gasteiger partial charge in [0.2, 0.25) is 4.38 Å². The Morgan fingerprint density at radius 2 is 0.356 bits per heavy atom. The van der Waals surface area contributed by atoms with Crippen LogP contribution < -0.4 is 0 Å². The van der Waals surface area contributed by atoms with Crippen molar-refractivity contribution in [2.24, 2.45) is 0 Å². The first-order valence-corrected chi connectivity index (χ1v) is 34.9. The fourth-order valence-electron chi connectivity index (χ4n) is 14.9. The Bertz CT molecular complexity index is 2340. The van der Waals surface area contributed by atoms with Crippen LogP contribution in [0.3, 0.4) is 0 Å². The Hall–Kier alpha value is -1.12. The van der Waals surface area contributed by atoms with Crippen molar-refractivity contribution in [3.8, 4) is 0 Å². The molecule has 21 fully saturated rings. The maximum absolute atomic E-state index is 7.11. The van der Waals surface area contributed by atoms with Crippen LogP contribution >= 0.6 is 24.0 Å². The summed E-state index contributed by atoms with van der Waals surface area (Å²) in [4.78, 5) is 0. The fraction of sp³-hybridized carbons (Fsp3) is 0.984. The summed E-state index contributed by atoms with van der Waals surface area (Å²) in [5.74, 6) is 0. The lowest BCUT2D eigenvalue weighted by atomic mass is 9.94. The normalized spacial score (nSPS) is 45.0. The van der Waals surface area contributed by atoms with Crippen molar-refractivity contribution in [3.63, 3.8) is 0 Å². The minimum Gasteiger partial charge on any atom is -0.467 e. The van der Waals surface area contributed by atoms with Gasteiger partial charge in [-0.25, -0.2) is 0 Å². The Balaban J connectivity index is 1.25. The van der Waals surface area contributed by atoms with Crippen molar-refractivity contribution in [3.05, 3.63) is 0 Å². The third-order valence-corrected chi connectivity index (χ3v) is 20.5. The van der Waals surface area contributed by atoms with Crippen LogP contribution in [0.1, 0.15) is 0 Å². The lowest BCUT2D eigenvalue weighted by Gasteiger charge is -2.52. The minimum atomic E-state index is -1.33. The van der Waals surface area contributed by atoms with Crippen LogP contribution in [0.25, 0.3) is 0 Å². The van der Waals surface area contributed by atoms with E-state index >= 15 is 0 Å². The quantitative estimate of drug-likeness (QED) is 0.0894. The molecule has 21 aliphatic rings. The first kappa shape index (κ1) is 85.5. The topological polar surface area (TPSA) is 323 Å². The molecule has 0 spiro atoms. The van der Waals surface area contributed by atoms with Crippen LogP contribution in [0.2, 0.25) is 0 Å². The zero-order chi connectivity index (χ0) is 73.2. The summed E-state index contributed by atoms with van der Waals surface area (Å²) in [7, 11) is 30.1. The summed E-state index contributed by atoms with van der Waals surface area (Å²) in [5, 5.41) is 0. The van der Waals surface area contributed by atoms with Gasteiger partial charge < -0.3 is 166 Å². The van der Waals surface area contributed by atoms with E-state index in [4.69, 9.17) is 178 Å². The lowest BCUT2D eigenvalue weighted by Crippen LogP contribution is -2.69. The molecule has 21 heterocycles. The number of hydrogen-bond donors (Lipinski definition) is 0. The summed E-state index contributed by atoms with van der Waals surface area (Å²) in [6.07, 6.45) is -35.3. The van der Waals surface area contributed by atoms with Gasteiger partial charge in [0.25, 0.3) is 0 Å². The summed E-state index contributed by atoms with van der Waals surface area (Å²) >= 11 is 6.95. The first-order chi connectivity index (χ1) is 49.1. The molecule has 35 nitrogen and oxygen atoms in total. The molecular weight excluding hydrogens is 1390 g/mol. The van der Waals surface area contributed by atoms with Gasteiger partial charge in [-0.2, -0.15) is 0 Å². The van der Waals surface area contributed by atoms with Crippen molar-refractivity contribution in [1.29, 1.82) is 0 Å². The van der Waals surface area contributed by atoms with E-state index in [9.17, 15) is 0 Å². The van der Waals surface area contributed by atoms with Crippen LogP contribution in [0.15, 0.2) is 0 Å². The molecule has 0 saturated carbocycles. The van der Waals surface area contributed by atoms with Gasteiger partial charge in [0.15, 0.2) is 50.1 Å². The average molecular weight is 1510 g/mol. The molecular formula is C64H112O35S2. The number of thioether (sulfide) groups is 1. The van der Waals surface area contributed by atoms with Crippen molar-refractivity contribution >= 4 is 28.4 Å². The van der Waals surface area contributed by atoms with Gasteiger partial charge in [0, 0.05) is 142 Å². The smallest absolute Gasteiger partial charge is 0.220 e. The van der Waals surface area contributed by atoms with Crippen molar-refractivity contribution < 1.29 is 166 Å². The maximum atomic E-state index is 7.11. The predicted octanol–water partition coefficient (Wildman–Crippen LogP) is -0.476. The number of methoxy groups -OCH3 is 20. The molecule has 0 amide bonds. The molecule has 0 unspecified atom stereocenters. The second kappa shape index (κ2) is 42.2. The summed E-state index contributed by atoms with van der Waals surface area (Å²) < 4.78 is 227. The number of rotatable bonds is 28. The Kier molecular flexibility index (Phi) is 35.7. The number of ether oxygens (including phenoxy) is 35. The van der Waals surface area contributed by atoms with Crippen LogP contribution in [-0.2, 0) is 166 Å². The van der Waals surface area contributed by atoms with Crippen LogP contribution in [0.4, 0.5) is 0 Å². The van der Waals surface area contributed by atoms with Crippen LogP contribution in [0.5, 0.6) is 0 Å². The molecule has 0 aromatic heterocycles. The van der Waals surface area contributed by atoms with Gasteiger partial charge in [-0.3, -0.25) is 0 Å². The van der Waals surface area contributed by atoms with Gasteiger partial charge >= 0.3 is 0 Å². The molecule has 21 rings (SSSR count). The molecule has 21 saturated heterocycles. The third-order valence-electron chi connectivity index (χ3n) is 19.4. The molecule has 21 aliphatic heterocycles. The fourth-order valence-corrected chi connectivity index (χ4v) is 15.2. The third kappa shape index (κ3) is 19.2. The molecule has 0 N–H and O–H groups in total. The van der Waals surface area contributed by atoms with Gasteiger partial charge in [-0.1, -0.05) is 11.8 Å². The monoisotopic (exact) mass is 1500 g/mol. The molecule has 0 aromatic carbocycles. The predicted molar refractivity (Wildman–Crippen MR) is 349 cm³/mol. The highest BCUT2D eigenvalue weighted by atomic mass is 32.2. The molecule has 590 valence electrons. The summed E-state index contributed by atoms with van der Waals surface area (Å²) in [6.45, 7) is -0.393. The van der Waals surface area contributed by atoms with Crippen LogP contribution in [-0.4, -0.2) is 414 Å². The largest absolute Gasteiger partial charge is 0.467 e. The van der Waals surface area contributed by atoms with Gasteiger partial charge in [-0.15, -0.1) is 0 Å². The van der Waals surface area contributed by atoms with E-state index in [1.54, 1.807) is 6.26 Å². The Labute approximate surface area is 601 Å². The first-order valence-electron chi connectivity index (χ1n) is 33.3. The average Bonchev–Trinajstić information content (AvgIpc) is 0.773. The van der Waals surface area contributed by atoms with Crippen LogP contribution in [0, 0.1) is 0 Å². The number of thiocarbonyl (C=S) groups is 1. The molecule has 37 heteroatoms. The summed E-state index contributed by atoms with van der Waals surface area (Å²) in [5.41, 5.74) is 0. The second-order valence-electron chi connectivity index (χ2n) is 24.8. The SMILES string of the molecule is COC[C@H]1O[C@@H]2O[C@H]3[C@H](OC)[C@@H](OC)[C@@H](O[C@H]4[C@H](OC)[C@@H](OC)[C@@H](O[C@H]5[C@H](OC)[C@@H](OC)[C@@H](O[C@H]6[C@H](OC)[C@@H](OC(=S)SC)[C@@H](O[C@H]7[C@H](OC)[C@@H](OC)[C@@H](O[C@H]8[C@H](OC)[C@@H](OC)[C@@H](O[C@H]1[C@H](OC)[C@H]2OC)O[C@@H]8COC)O[C@@H]7COC)O[C@@H]6COC)O[C@@H]5COC)O[C@@H]4COC)O[C@@H]3COC. The maximum Gasteiger partial charge on any atom is 0.220 e. The molecule has 35 atom stereocenters. The van der Waals surface area contributed by atoms with E-state index in [1.165, 1.54) is 154 Å². The lowest BCUT2D eigenvalue weighted by molar-refractivity contribution is -0.402. The second-order valence-corrected chi connectivity index (χ2v) is 26.2. The molecule has 0 aromatic rings. The zero-order valence-corrected chi connectivity index (χ0v) is 63.4. The molecule has 14 bridgehead atoms. The summed E-state index contributed by atoms with van der Waals surface area (Å²) in [6, 6.07) is 0. The minimum absolute atomic E-state index is 0.0440. The van der Waals surface area contributed by atoms with E-state index in [0.717, 1.165) is 0 Å². The van der Waals surface area contributed by atoms with Crippen molar-refractivity contribution in [2.45, 2.75) is 215 Å². The van der Waals surface area contributed by atoms with E-state index in [2.05, 4.69) is 0 Å². The molecule has 0 radical (unpaired) electrons. The van der Waals surface area contributed by atoms with E-state index in [0.29, 0.717) is 0 Å². The highest BCUT2D eigenvalue weighted by molar-refractivity contribution is 8.22. The zero-order valence-electron chi connectivity index (χ0n) is 61.8. The van der Waals surface area contributed by atoms with Gasteiger partial charge in [0.05, 0.1) is 46.2 Å². The Morgan fingerprint density at radius 3 is 0.485 bits per heavy atom. The van der Waals surface area contributed by atoms with E-state index < -0.39 is 215 Å². The highest BCUT2D eigenvalue weighted by Crippen LogP contribution is 2.43. The highest BCUT2D eigenvalue weighted by Gasteiger charge is 2.62. The molecule has 101 heavy (non-hydrogen) atoms. The van der Waals surface area contributed by atoms with Gasteiger partial charge in [-0.05, 0) is 18.5 Å². The van der Waals surface area contributed by atoms with E-state index in [1.807, 2.05) is 0 Å². The molecule has 0 aliphatic carbocycles. The number of hydrogen-bond acceptors (Lipinski definition) is 37. The standard InChI is InChI=1S/C64H112O35S2/c1-65-22-29-36-43(72-8)50(79-15)58(85-29)93-38-31(24-67-3)87-60(52(81-17)45(38)74-10)95-40-33(26-69-5)89-62(54(83-19)47(40)76-12)97-42-35(28-71-7)91-63(56(49(42)78-14)99-64(100)101-21)98-41-34(27-70-6)90-61(55(84-20)48(41)77-13)96-39-32(25-68-4)88-59(53(82-18)46(39)75-11)94-37-30(23-66-2)86-57(92-36)51(80-16)44(37)73-9/h29-63H,22-28H2,1-21H3/t29-,30-,31-,32-,33-,34-,35-,36-,37-,38-,39-,40-,41-,42-,43+,44+,45+,46+,47+,48+,49+,50-,51-,52-,53-,54-,55-,56-,57-,58-,59-,60-,61-,62-,63-/m1/s1. The van der Waals surface area contributed by atoms with Gasteiger partial charge in [0.1, 0.15) is 165 Å². The van der Waals surface area contributed by atoms with Crippen molar-refractivity contribution in [1.82, 2.24) is 0 Å².